The van der Waals surface area contributed by atoms with Crippen LogP contribution in [0.4, 0.5) is 5.82 Å². The fourth-order valence-corrected chi connectivity index (χ4v) is 4.00. The molecule has 2 heterocycles. The van der Waals surface area contributed by atoms with Crippen molar-refractivity contribution in [3.8, 4) is 0 Å². The molecular weight excluding hydrogens is 338 g/mol. The molecule has 0 unspecified atom stereocenters. The molecule has 2 aromatic heterocycles. The molecule has 6 heteroatoms. The summed E-state index contributed by atoms with van der Waals surface area (Å²) in [7, 11) is 0. The van der Waals surface area contributed by atoms with Crippen LogP contribution in [0.25, 0.3) is 11.0 Å². The SMILES string of the molecule is O=c1ccc(C2CC2)nn1C1CCC(Nc2cnc3ccccc3n2)CC1. The van der Waals surface area contributed by atoms with Gasteiger partial charge in [-0.2, -0.15) is 5.10 Å². The molecule has 6 nitrogen and oxygen atoms in total. The van der Waals surface area contributed by atoms with E-state index in [9.17, 15) is 4.79 Å². The molecule has 3 aromatic rings. The number of rotatable bonds is 4. The second-order valence-electron chi connectivity index (χ2n) is 7.71. The summed E-state index contributed by atoms with van der Waals surface area (Å²) in [4.78, 5) is 21.4. The van der Waals surface area contributed by atoms with Crippen LogP contribution in [0.1, 0.15) is 56.2 Å². The summed E-state index contributed by atoms with van der Waals surface area (Å²) in [6.07, 6.45) is 8.13. The minimum absolute atomic E-state index is 0.0243. The highest BCUT2D eigenvalue weighted by atomic mass is 16.1. The summed E-state index contributed by atoms with van der Waals surface area (Å²) in [6, 6.07) is 12.1. The number of benzene rings is 1. The van der Waals surface area contributed by atoms with Gasteiger partial charge in [-0.1, -0.05) is 12.1 Å². The van der Waals surface area contributed by atoms with E-state index in [1.165, 1.54) is 12.8 Å². The number of hydrogen-bond donors (Lipinski definition) is 1. The van der Waals surface area contributed by atoms with Gasteiger partial charge in [0.25, 0.3) is 5.56 Å². The lowest BCUT2D eigenvalue weighted by atomic mass is 9.91. The van der Waals surface area contributed by atoms with Gasteiger partial charge in [0.05, 0.1) is 29.0 Å². The van der Waals surface area contributed by atoms with Gasteiger partial charge in [-0.25, -0.2) is 9.67 Å². The molecule has 2 aliphatic rings. The van der Waals surface area contributed by atoms with E-state index < -0.39 is 0 Å². The predicted octanol–water partition coefficient (Wildman–Crippen LogP) is 3.66. The topological polar surface area (TPSA) is 72.7 Å². The van der Waals surface area contributed by atoms with Crippen LogP contribution in [0.5, 0.6) is 0 Å². The molecule has 0 bridgehead atoms. The number of hydrogen-bond acceptors (Lipinski definition) is 5. The molecule has 0 amide bonds. The van der Waals surface area contributed by atoms with Crippen LogP contribution in [-0.4, -0.2) is 25.8 Å². The quantitative estimate of drug-likeness (QED) is 0.768. The van der Waals surface area contributed by atoms with Crippen molar-refractivity contribution in [1.29, 1.82) is 0 Å². The monoisotopic (exact) mass is 361 g/mol. The third kappa shape index (κ3) is 3.44. The molecule has 0 saturated heterocycles. The van der Waals surface area contributed by atoms with Crippen molar-refractivity contribution in [1.82, 2.24) is 19.7 Å². The van der Waals surface area contributed by atoms with Gasteiger partial charge in [0.2, 0.25) is 0 Å². The Bertz CT molecular complexity index is 1020. The lowest BCUT2D eigenvalue weighted by Gasteiger charge is -2.30. The normalized spacial score (nSPS) is 22.7. The van der Waals surface area contributed by atoms with Gasteiger partial charge in [-0.3, -0.25) is 9.78 Å². The third-order valence-corrected chi connectivity index (χ3v) is 5.68. The summed E-state index contributed by atoms with van der Waals surface area (Å²) < 4.78 is 1.74. The summed E-state index contributed by atoms with van der Waals surface area (Å²) >= 11 is 0. The highest BCUT2D eigenvalue weighted by molar-refractivity contribution is 5.75. The largest absolute Gasteiger partial charge is 0.366 e. The summed E-state index contributed by atoms with van der Waals surface area (Å²) in [5.41, 5.74) is 2.93. The van der Waals surface area contributed by atoms with Crippen molar-refractivity contribution in [2.45, 2.75) is 56.5 Å². The maximum Gasteiger partial charge on any atom is 0.267 e. The predicted molar refractivity (Wildman–Crippen MR) is 105 cm³/mol. The van der Waals surface area contributed by atoms with Crippen molar-refractivity contribution in [2.24, 2.45) is 0 Å². The zero-order valence-electron chi connectivity index (χ0n) is 15.2. The van der Waals surface area contributed by atoms with Gasteiger partial charge in [0, 0.05) is 18.0 Å². The number of nitrogens with one attached hydrogen (secondary N) is 1. The zero-order chi connectivity index (χ0) is 18.2. The molecule has 0 atom stereocenters. The van der Waals surface area contributed by atoms with Gasteiger partial charge in [0.15, 0.2) is 0 Å². The van der Waals surface area contributed by atoms with E-state index in [0.29, 0.717) is 12.0 Å². The lowest BCUT2D eigenvalue weighted by molar-refractivity contribution is 0.301. The van der Waals surface area contributed by atoms with E-state index in [1.54, 1.807) is 16.9 Å². The first-order valence-electron chi connectivity index (χ1n) is 9.84. The Labute approximate surface area is 157 Å². The van der Waals surface area contributed by atoms with E-state index in [0.717, 1.165) is 48.2 Å². The van der Waals surface area contributed by atoms with Crippen LogP contribution < -0.4 is 10.9 Å². The van der Waals surface area contributed by atoms with Gasteiger partial charge >= 0.3 is 0 Å². The Hall–Kier alpha value is -2.76. The van der Waals surface area contributed by atoms with Crippen molar-refractivity contribution in [3.63, 3.8) is 0 Å². The zero-order valence-corrected chi connectivity index (χ0v) is 15.2. The van der Waals surface area contributed by atoms with Crippen molar-refractivity contribution in [2.75, 3.05) is 5.32 Å². The first-order valence-corrected chi connectivity index (χ1v) is 9.84. The number of para-hydroxylation sites is 2. The number of fused-ring (bicyclic) bond motifs is 1. The van der Waals surface area contributed by atoms with Crippen LogP contribution >= 0.6 is 0 Å². The molecule has 2 fully saturated rings. The molecular formula is C21H23N5O. The molecule has 1 N–H and O–H groups in total. The molecule has 2 aliphatic carbocycles. The molecule has 27 heavy (non-hydrogen) atoms. The van der Waals surface area contributed by atoms with Crippen LogP contribution in [0.3, 0.4) is 0 Å². The Kier molecular flexibility index (Phi) is 4.11. The molecule has 0 spiro atoms. The Morgan fingerprint density at radius 2 is 1.70 bits per heavy atom. The van der Waals surface area contributed by atoms with Crippen LogP contribution in [0.15, 0.2) is 47.4 Å². The fourth-order valence-electron chi connectivity index (χ4n) is 4.00. The minimum atomic E-state index is 0.0243. The van der Waals surface area contributed by atoms with Gasteiger partial charge in [0.1, 0.15) is 5.82 Å². The molecule has 5 rings (SSSR count). The fraction of sp³-hybridized carbons (Fsp3) is 0.429. The smallest absolute Gasteiger partial charge is 0.267 e. The Morgan fingerprint density at radius 3 is 2.48 bits per heavy atom. The summed E-state index contributed by atoms with van der Waals surface area (Å²) in [6.45, 7) is 0. The van der Waals surface area contributed by atoms with E-state index in [-0.39, 0.29) is 11.6 Å². The number of nitrogens with zero attached hydrogens (tertiary/aromatic N) is 4. The van der Waals surface area contributed by atoms with Gasteiger partial charge in [-0.05, 0) is 56.7 Å². The molecule has 1 aromatic carbocycles. The van der Waals surface area contributed by atoms with Crippen molar-refractivity contribution in [3.05, 3.63) is 58.6 Å². The lowest BCUT2D eigenvalue weighted by Crippen LogP contribution is -2.33. The number of anilines is 1. The van der Waals surface area contributed by atoms with Crippen molar-refractivity contribution >= 4 is 16.9 Å². The van der Waals surface area contributed by atoms with Crippen LogP contribution in [0.2, 0.25) is 0 Å². The third-order valence-electron chi connectivity index (χ3n) is 5.68. The molecule has 0 radical (unpaired) electrons. The highest BCUT2D eigenvalue weighted by Crippen LogP contribution is 2.38. The van der Waals surface area contributed by atoms with E-state index in [2.05, 4.69) is 20.4 Å². The summed E-state index contributed by atoms with van der Waals surface area (Å²) in [5, 5.41) is 8.18. The standard InChI is InChI=1S/C21H23N5O/c27-21-12-11-17(14-5-6-14)25-26(21)16-9-7-15(8-10-16)23-20-13-22-18-3-1-2-4-19(18)24-20/h1-4,11-16H,5-10H2,(H,23,24). The van der Waals surface area contributed by atoms with Crippen LogP contribution in [0, 0.1) is 0 Å². The second kappa shape index (κ2) is 6.76. The number of aromatic nitrogens is 4. The van der Waals surface area contributed by atoms with E-state index >= 15 is 0 Å². The van der Waals surface area contributed by atoms with Crippen LogP contribution in [-0.2, 0) is 0 Å². The van der Waals surface area contributed by atoms with E-state index in [1.807, 2.05) is 30.3 Å². The summed E-state index contributed by atoms with van der Waals surface area (Å²) in [5.74, 6) is 1.39. The Balaban J connectivity index is 1.26. The van der Waals surface area contributed by atoms with E-state index in [4.69, 9.17) is 0 Å². The average molecular weight is 361 g/mol. The first kappa shape index (κ1) is 16.4. The van der Waals surface area contributed by atoms with Gasteiger partial charge < -0.3 is 5.32 Å². The first-order chi connectivity index (χ1) is 13.3. The maximum absolute atomic E-state index is 12.3. The minimum Gasteiger partial charge on any atom is -0.366 e. The average Bonchev–Trinajstić information content (AvgIpc) is 3.54. The highest BCUT2D eigenvalue weighted by Gasteiger charge is 2.28. The van der Waals surface area contributed by atoms with Gasteiger partial charge in [-0.15, -0.1) is 0 Å². The molecule has 138 valence electrons. The second-order valence-corrected chi connectivity index (χ2v) is 7.71. The molecule has 0 aliphatic heterocycles. The van der Waals surface area contributed by atoms with Crippen molar-refractivity contribution < 1.29 is 0 Å². The maximum atomic E-state index is 12.3. The molecule has 2 saturated carbocycles. The Morgan fingerprint density at radius 1 is 0.926 bits per heavy atom.